The minimum Gasteiger partial charge on any atom is -0.497 e. The van der Waals surface area contributed by atoms with Gasteiger partial charge in [-0.1, -0.05) is 12.1 Å². The van der Waals surface area contributed by atoms with Gasteiger partial charge in [-0.2, -0.15) is 0 Å². The number of hydrogen-bond acceptors (Lipinski definition) is 2. The van der Waals surface area contributed by atoms with Crippen LogP contribution in [0.2, 0.25) is 0 Å². The average Bonchev–Trinajstić information content (AvgIpc) is 2.36. The van der Waals surface area contributed by atoms with Crippen LogP contribution in [0, 0.1) is 0 Å². The van der Waals surface area contributed by atoms with Crippen LogP contribution in [0.15, 0.2) is 24.3 Å². The lowest BCUT2D eigenvalue weighted by Gasteiger charge is -2.07. The Morgan fingerprint density at radius 2 is 2.12 bits per heavy atom. The second-order valence-electron chi connectivity index (χ2n) is 3.47. The van der Waals surface area contributed by atoms with Crippen LogP contribution in [-0.2, 0) is 6.42 Å². The van der Waals surface area contributed by atoms with Crippen molar-refractivity contribution in [3.63, 3.8) is 0 Å². The van der Waals surface area contributed by atoms with E-state index in [2.05, 4.69) is 10.6 Å². The number of rotatable bonds is 6. The van der Waals surface area contributed by atoms with Crippen molar-refractivity contribution in [1.29, 1.82) is 0 Å². The number of amides is 2. The highest BCUT2D eigenvalue weighted by Crippen LogP contribution is 2.12. The molecule has 0 bridgehead atoms. The molecule has 2 amide bonds. The van der Waals surface area contributed by atoms with E-state index in [-0.39, 0.29) is 6.03 Å². The van der Waals surface area contributed by atoms with Crippen LogP contribution in [0.25, 0.3) is 0 Å². The first kappa shape index (κ1) is 13.6. The number of carbonyl (C=O) groups is 1. The van der Waals surface area contributed by atoms with E-state index in [1.807, 2.05) is 24.3 Å². The summed E-state index contributed by atoms with van der Waals surface area (Å²) in [6.45, 7) is 1.06. The monoisotopic (exact) mass is 256 g/mol. The third-order valence-corrected chi connectivity index (χ3v) is 2.40. The molecule has 0 aliphatic heterocycles. The van der Waals surface area contributed by atoms with E-state index < -0.39 is 0 Å². The van der Waals surface area contributed by atoms with Gasteiger partial charge in [-0.15, -0.1) is 11.6 Å². The quantitative estimate of drug-likeness (QED) is 0.763. The van der Waals surface area contributed by atoms with Gasteiger partial charge in [0.1, 0.15) is 5.75 Å². The number of urea groups is 1. The lowest BCUT2D eigenvalue weighted by Crippen LogP contribution is -2.37. The predicted octanol–water partition coefficient (Wildman–Crippen LogP) is 1.78. The van der Waals surface area contributed by atoms with E-state index in [1.54, 1.807) is 7.11 Å². The maximum absolute atomic E-state index is 11.2. The van der Waals surface area contributed by atoms with Gasteiger partial charge in [-0.05, 0) is 24.1 Å². The Balaban J connectivity index is 2.28. The molecule has 1 aromatic rings. The van der Waals surface area contributed by atoms with Crippen LogP contribution < -0.4 is 15.4 Å². The van der Waals surface area contributed by atoms with Crippen LogP contribution >= 0.6 is 11.6 Å². The Kier molecular flexibility index (Phi) is 6.25. The second-order valence-corrected chi connectivity index (χ2v) is 3.85. The van der Waals surface area contributed by atoms with Gasteiger partial charge in [0.05, 0.1) is 7.11 Å². The summed E-state index contributed by atoms with van der Waals surface area (Å²) < 4.78 is 5.12. The average molecular weight is 257 g/mol. The maximum atomic E-state index is 11.2. The van der Waals surface area contributed by atoms with Gasteiger partial charge in [0.15, 0.2) is 0 Å². The first-order valence-electron chi connectivity index (χ1n) is 5.47. The summed E-state index contributed by atoms with van der Waals surface area (Å²) in [5.41, 5.74) is 1.13. The number of halogens is 1. The number of alkyl halides is 1. The van der Waals surface area contributed by atoms with Crippen molar-refractivity contribution < 1.29 is 9.53 Å². The van der Waals surface area contributed by atoms with Crippen molar-refractivity contribution in [3.8, 4) is 5.75 Å². The maximum Gasteiger partial charge on any atom is 0.314 e. The molecule has 0 heterocycles. The van der Waals surface area contributed by atoms with Crippen molar-refractivity contribution in [1.82, 2.24) is 10.6 Å². The summed E-state index contributed by atoms with van der Waals surface area (Å²) in [6.07, 6.45) is 0.769. The highest BCUT2D eigenvalue weighted by molar-refractivity contribution is 6.18. The minimum atomic E-state index is -0.187. The number of ether oxygens (including phenoxy) is 1. The molecule has 94 valence electrons. The number of benzene rings is 1. The fourth-order valence-electron chi connectivity index (χ4n) is 1.37. The highest BCUT2D eigenvalue weighted by Gasteiger charge is 1.99. The van der Waals surface area contributed by atoms with E-state index >= 15 is 0 Å². The Morgan fingerprint density at radius 3 is 2.82 bits per heavy atom. The van der Waals surface area contributed by atoms with Gasteiger partial charge in [0, 0.05) is 19.0 Å². The SMILES string of the molecule is COc1cccc(CCNC(=O)NCCCl)c1. The van der Waals surface area contributed by atoms with Crippen LogP contribution in [-0.4, -0.2) is 32.1 Å². The normalized spacial score (nSPS) is 9.76. The molecular weight excluding hydrogens is 240 g/mol. The molecule has 0 radical (unpaired) electrons. The van der Waals surface area contributed by atoms with Gasteiger partial charge >= 0.3 is 6.03 Å². The molecule has 0 atom stereocenters. The summed E-state index contributed by atoms with van der Waals surface area (Å²) in [5.74, 6) is 1.25. The molecule has 1 rings (SSSR count). The number of methoxy groups -OCH3 is 1. The topological polar surface area (TPSA) is 50.4 Å². The van der Waals surface area contributed by atoms with Gasteiger partial charge in [-0.25, -0.2) is 4.79 Å². The third kappa shape index (κ3) is 5.45. The molecule has 1 aromatic carbocycles. The van der Waals surface area contributed by atoms with E-state index in [0.29, 0.717) is 19.0 Å². The molecule has 0 spiro atoms. The summed E-state index contributed by atoms with van der Waals surface area (Å²) in [5, 5.41) is 5.39. The Hall–Kier alpha value is -1.42. The standard InChI is InChI=1S/C12H17ClN2O2/c1-17-11-4-2-3-10(9-11)5-7-14-12(16)15-8-6-13/h2-4,9H,5-8H2,1H3,(H2,14,15,16). The summed E-state index contributed by atoms with van der Waals surface area (Å²) >= 11 is 5.45. The molecule has 0 aromatic heterocycles. The fraction of sp³-hybridized carbons (Fsp3) is 0.417. The summed E-state index contributed by atoms with van der Waals surface area (Å²) in [7, 11) is 1.64. The molecule has 2 N–H and O–H groups in total. The highest BCUT2D eigenvalue weighted by atomic mass is 35.5. The first-order chi connectivity index (χ1) is 8.26. The Bertz CT molecular complexity index is 358. The molecule has 5 heteroatoms. The molecule has 0 fully saturated rings. The number of hydrogen-bond donors (Lipinski definition) is 2. The molecule has 0 saturated carbocycles. The molecule has 0 aliphatic rings. The van der Waals surface area contributed by atoms with Gasteiger partial charge in [0.25, 0.3) is 0 Å². The zero-order valence-electron chi connectivity index (χ0n) is 9.83. The molecule has 0 unspecified atom stereocenters. The van der Waals surface area contributed by atoms with Crippen LogP contribution in [0.1, 0.15) is 5.56 Å². The lowest BCUT2D eigenvalue weighted by molar-refractivity contribution is 0.241. The van der Waals surface area contributed by atoms with Gasteiger partial charge in [0.2, 0.25) is 0 Å². The Morgan fingerprint density at radius 1 is 1.35 bits per heavy atom. The first-order valence-corrected chi connectivity index (χ1v) is 6.00. The van der Waals surface area contributed by atoms with Gasteiger partial charge in [-0.3, -0.25) is 0 Å². The van der Waals surface area contributed by atoms with E-state index in [0.717, 1.165) is 17.7 Å². The van der Waals surface area contributed by atoms with Crippen molar-refractivity contribution in [3.05, 3.63) is 29.8 Å². The van der Waals surface area contributed by atoms with Crippen molar-refractivity contribution in [2.45, 2.75) is 6.42 Å². The zero-order valence-corrected chi connectivity index (χ0v) is 10.6. The summed E-state index contributed by atoms with van der Waals surface area (Å²) in [6, 6.07) is 7.60. The van der Waals surface area contributed by atoms with Gasteiger partial charge < -0.3 is 15.4 Å². The molecular formula is C12H17ClN2O2. The van der Waals surface area contributed by atoms with Crippen molar-refractivity contribution in [2.75, 3.05) is 26.1 Å². The largest absolute Gasteiger partial charge is 0.497 e. The molecule has 4 nitrogen and oxygen atoms in total. The lowest BCUT2D eigenvalue weighted by atomic mass is 10.1. The second kappa shape index (κ2) is 7.79. The predicted molar refractivity (Wildman–Crippen MR) is 68.8 cm³/mol. The van der Waals surface area contributed by atoms with Crippen LogP contribution in [0.4, 0.5) is 4.79 Å². The van der Waals surface area contributed by atoms with Crippen molar-refractivity contribution >= 4 is 17.6 Å². The third-order valence-electron chi connectivity index (χ3n) is 2.21. The molecule has 0 saturated heterocycles. The Labute approximate surface area is 106 Å². The zero-order chi connectivity index (χ0) is 12.5. The number of nitrogens with one attached hydrogen (secondary N) is 2. The van der Waals surface area contributed by atoms with E-state index in [1.165, 1.54) is 0 Å². The van der Waals surface area contributed by atoms with E-state index in [9.17, 15) is 4.79 Å². The van der Waals surface area contributed by atoms with Crippen LogP contribution in [0.5, 0.6) is 5.75 Å². The van der Waals surface area contributed by atoms with E-state index in [4.69, 9.17) is 16.3 Å². The van der Waals surface area contributed by atoms with Crippen LogP contribution in [0.3, 0.4) is 0 Å². The van der Waals surface area contributed by atoms with Crippen molar-refractivity contribution in [2.24, 2.45) is 0 Å². The number of carbonyl (C=O) groups excluding carboxylic acids is 1. The smallest absolute Gasteiger partial charge is 0.314 e. The minimum absolute atomic E-state index is 0.187. The molecule has 0 aliphatic carbocycles. The molecule has 17 heavy (non-hydrogen) atoms. The summed E-state index contributed by atoms with van der Waals surface area (Å²) in [4.78, 5) is 11.2. The fourth-order valence-corrected chi connectivity index (χ4v) is 1.47.